The van der Waals surface area contributed by atoms with Crippen LogP contribution in [0.5, 0.6) is 0 Å². The molecule has 0 atom stereocenters. The maximum atomic E-state index is 13.2. The van der Waals surface area contributed by atoms with Gasteiger partial charge in [0.1, 0.15) is 0 Å². The molecule has 16 heavy (non-hydrogen) atoms. The van der Waals surface area contributed by atoms with Gasteiger partial charge in [0.2, 0.25) is 0 Å². The van der Waals surface area contributed by atoms with Crippen molar-refractivity contribution in [2.24, 2.45) is 0 Å². The van der Waals surface area contributed by atoms with Crippen molar-refractivity contribution in [1.29, 1.82) is 0 Å². The number of benzene rings is 1. The minimum absolute atomic E-state index is 0.0316. The Morgan fingerprint density at radius 1 is 1.25 bits per heavy atom. The second-order valence-corrected chi connectivity index (χ2v) is 5.21. The van der Waals surface area contributed by atoms with E-state index in [4.69, 9.17) is 0 Å². The number of nitrogens with zero attached hydrogens (tertiary/aromatic N) is 1. The fourth-order valence-electron chi connectivity index (χ4n) is 2.03. The predicted octanol–water partition coefficient (Wildman–Crippen LogP) is 3.68. The van der Waals surface area contributed by atoms with Crippen molar-refractivity contribution in [3.8, 4) is 0 Å². The van der Waals surface area contributed by atoms with E-state index >= 15 is 0 Å². The number of hydrogen-bond donors (Lipinski definition) is 0. The minimum atomic E-state index is -2.51. The van der Waals surface area contributed by atoms with Gasteiger partial charge in [-0.2, -0.15) is 0 Å². The topological polar surface area (TPSA) is 3.24 Å². The normalized spacial score (nSPS) is 20.9. The Kier molecular flexibility index (Phi) is 3.60. The Morgan fingerprint density at radius 2 is 1.94 bits per heavy atom. The van der Waals surface area contributed by atoms with Crippen LogP contribution in [0.4, 0.5) is 8.78 Å². The molecule has 0 N–H and O–H groups in total. The van der Waals surface area contributed by atoms with E-state index in [1.807, 2.05) is 29.2 Å². The van der Waals surface area contributed by atoms with Gasteiger partial charge >= 0.3 is 0 Å². The molecule has 2 rings (SSSR count). The first kappa shape index (κ1) is 12.0. The van der Waals surface area contributed by atoms with E-state index in [2.05, 4.69) is 15.9 Å². The maximum absolute atomic E-state index is 13.2. The first-order valence-electron chi connectivity index (χ1n) is 5.40. The fraction of sp³-hybridized carbons (Fsp3) is 0.500. The van der Waals surface area contributed by atoms with Crippen LogP contribution in [0.2, 0.25) is 0 Å². The molecular weight excluding hydrogens is 276 g/mol. The van der Waals surface area contributed by atoms with Crippen LogP contribution < -0.4 is 0 Å². The Morgan fingerprint density at radius 3 is 2.56 bits per heavy atom. The van der Waals surface area contributed by atoms with Gasteiger partial charge < -0.3 is 0 Å². The summed E-state index contributed by atoms with van der Waals surface area (Å²) >= 11 is 3.36. The van der Waals surface area contributed by atoms with E-state index in [1.54, 1.807) is 0 Å². The van der Waals surface area contributed by atoms with Crippen LogP contribution in [-0.2, 0) is 6.54 Å². The van der Waals surface area contributed by atoms with Crippen molar-refractivity contribution in [3.05, 3.63) is 34.3 Å². The molecule has 0 saturated carbocycles. The number of alkyl halides is 2. The van der Waals surface area contributed by atoms with Gasteiger partial charge in [-0.25, -0.2) is 8.78 Å². The van der Waals surface area contributed by atoms with Gasteiger partial charge in [0.05, 0.1) is 6.54 Å². The van der Waals surface area contributed by atoms with Crippen LogP contribution >= 0.6 is 15.9 Å². The molecular formula is C12H14BrF2N. The van der Waals surface area contributed by atoms with E-state index in [0.29, 0.717) is 13.0 Å². The van der Waals surface area contributed by atoms with E-state index < -0.39 is 5.92 Å². The summed E-state index contributed by atoms with van der Waals surface area (Å²) in [4.78, 5) is 1.83. The first-order chi connectivity index (χ1) is 7.55. The van der Waals surface area contributed by atoms with Gasteiger partial charge in [-0.3, -0.25) is 4.90 Å². The van der Waals surface area contributed by atoms with Crippen molar-refractivity contribution in [2.45, 2.75) is 25.3 Å². The molecule has 88 valence electrons. The van der Waals surface area contributed by atoms with Crippen LogP contribution in [0.3, 0.4) is 0 Å². The number of hydrogen-bond acceptors (Lipinski definition) is 1. The molecule has 0 aromatic heterocycles. The third-order valence-corrected chi connectivity index (χ3v) is 3.32. The lowest BCUT2D eigenvalue weighted by molar-refractivity contribution is -0.0661. The summed E-state index contributed by atoms with van der Waals surface area (Å²) in [6.45, 7) is 1.28. The smallest absolute Gasteiger partial charge is 0.260 e. The summed E-state index contributed by atoms with van der Waals surface area (Å²) < 4.78 is 27.4. The van der Waals surface area contributed by atoms with Gasteiger partial charge in [0.25, 0.3) is 5.92 Å². The number of rotatable bonds is 2. The van der Waals surface area contributed by atoms with Crippen LogP contribution in [0.1, 0.15) is 18.4 Å². The Balaban J connectivity index is 1.97. The summed E-state index contributed by atoms with van der Waals surface area (Å²) in [6.07, 6.45) is 0.618. The van der Waals surface area contributed by atoms with Crippen LogP contribution in [-0.4, -0.2) is 23.9 Å². The molecule has 0 spiro atoms. The second kappa shape index (κ2) is 4.80. The highest BCUT2D eigenvalue weighted by atomic mass is 79.9. The minimum Gasteiger partial charge on any atom is -0.293 e. The number of halogens is 3. The average Bonchev–Trinajstić information content (AvgIpc) is 2.20. The third-order valence-electron chi connectivity index (χ3n) is 2.79. The average molecular weight is 290 g/mol. The Hall–Kier alpha value is -0.480. The molecule has 4 heteroatoms. The highest BCUT2D eigenvalue weighted by Gasteiger charge is 2.34. The molecule has 0 unspecified atom stereocenters. The van der Waals surface area contributed by atoms with E-state index in [-0.39, 0.29) is 13.0 Å². The van der Waals surface area contributed by atoms with E-state index in [1.165, 1.54) is 0 Å². The van der Waals surface area contributed by atoms with E-state index in [9.17, 15) is 8.78 Å². The summed E-state index contributed by atoms with van der Waals surface area (Å²) in [6, 6.07) is 7.82. The molecule has 1 nitrogen and oxygen atoms in total. The second-order valence-electron chi connectivity index (χ2n) is 4.30. The summed E-state index contributed by atoms with van der Waals surface area (Å²) in [5, 5.41) is 0. The predicted molar refractivity (Wildman–Crippen MR) is 63.6 cm³/mol. The summed E-state index contributed by atoms with van der Waals surface area (Å²) in [7, 11) is 0. The number of piperidine rings is 1. The molecule has 1 fully saturated rings. The van der Waals surface area contributed by atoms with Crippen molar-refractivity contribution in [1.82, 2.24) is 4.90 Å². The monoisotopic (exact) mass is 289 g/mol. The summed E-state index contributed by atoms with van der Waals surface area (Å²) in [5.74, 6) is -2.51. The first-order valence-corrected chi connectivity index (χ1v) is 6.19. The third kappa shape index (κ3) is 3.25. The van der Waals surface area contributed by atoms with Gasteiger partial charge in [-0.1, -0.05) is 28.1 Å². The van der Waals surface area contributed by atoms with Gasteiger partial charge in [0, 0.05) is 17.4 Å². The van der Waals surface area contributed by atoms with Gasteiger partial charge in [0.15, 0.2) is 0 Å². The Bertz CT molecular complexity index is 351. The molecule has 1 aromatic rings. The van der Waals surface area contributed by atoms with E-state index in [0.717, 1.165) is 16.6 Å². The molecule has 0 radical (unpaired) electrons. The fourth-order valence-corrected chi connectivity index (χ4v) is 2.29. The highest BCUT2D eigenvalue weighted by molar-refractivity contribution is 9.10. The van der Waals surface area contributed by atoms with Crippen molar-refractivity contribution >= 4 is 15.9 Å². The zero-order chi connectivity index (χ0) is 11.6. The maximum Gasteiger partial charge on any atom is 0.260 e. The SMILES string of the molecule is FC1(F)CCCN(Cc2ccc(Br)cc2)C1. The van der Waals surface area contributed by atoms with Crippen molar-refractivity contribution < 1.29 is 8.78 Å². The van der Waals surface area contributed by atoms with Crippen molar-refractivity contribution in [3.63, 3.8) is 0 Å². The molecule has 0 bridgehead atoms. The molecule has 1 heterocycles. The lowest BCUT2D eigenvalue weighted by Gasteiger charge is -2.32. The molecule has 1 saturated heterocycles. The van der Waals surface area contributed by atoms with Gasteiger partial charge in [-0.05, 0) is 30.7 Å². The van der Waals surface area contributed by atoms with Crippen molar-refractivity contribution in [2.75, 3.05) is 13.1 Å². The Labute approximate surface area is 103 Å². The lowest BCUT2D eigenvalue weighted by atomic mass is 10.1. The van der Waals surface area contributed by atoms with Crippen LogP contribution in [0.25, 0.3) is 0 Å². The van der Waals surface area contributed by atoms with Gasteiger partial charge in [-0.15, -0.1) is 0 Å². The lowest BCUT2D eigenvalue weighted by Crippen LogP contribution is -2.41. The molecule has 1 aliphatic heterocycles. The standard InChI is InChI=1S/C12H14BrF2N/c13-11-4-2-10(3-5-11)8-16-7-1-6-12(14,15)9-16/h2-5H,1,6-9H2. The molecule has 0 amide bonds. The molecule has 1 aromatic carbocycles. The van der Waals surface area contributed by atoms with Crippen LogP contribution in [0.15, 0.2) is 28.7 Å². The quantitative estimate of drug-likeness (QED) is 0.803. The number of likely N-dealkylation sites (tertiary alicyclic amines) is 1. The molecule has 0 aliphatic carbocycles. The van der Waals surface area contributed by atoms with Crippen LogP contribution in [0, 0.1) is 0 Å². The zero-order valence-corrected chi connectivity index (χ0v) is 10.5. The molecule has 1 aliphatic rings. The largest absolute Gasteiger partial charge is 0.293 e. The highest BCUT2D eigenvalue weighted by Crippen LogP contribution is 2.27. The zero-order valence-electron chi connectivity index (χ0n) is 8.93. The summed E-state index contributed by atoms with van der Waals surface area (Å²) in [5.41, 5.74) is 1.08.